The second-order valence-electron chi connectivity index (χ2n) is 6.06. The first-order valence-corrected chi connectivity index (χ1v) is 8.54. The molecular weight excluding hydrogens is 344 g/mol. The van der Waals surface area contributed by atoms with Crippen molar-refractivity contribution in [2.45, 2.75) is 13.0 Å². The minimum Gasteiger partial charge on any atom is -0.454 e. The van der Waals surface area contributed by atoms with E-state index in [1.165, 1.54) is 0 Å². The SMILES string of the molecule is CC(Nc1nccc(C(=O)Nc2ccc3c(c2)OCO3)n1)c1ccccc1. The molecule has 136 valence electrons. The predicted octanol–water partition coefficient (Wildman–Crippen LogP) is 3.63. The number of carbonyl (C=O) groups excluding carboxylic acids is 1. The maximum absolute atomic E-state index is 12.5. The number of nitrogens with one attached hydrogen (secondary N) is 2. The van der Waals surface area contributed by atoms with E-state index in [4.69, 9.17) is 9.47 Å². The number of anilines is 2. The first kappa shape index (κ1) is 16.8. The second-order valence-corrected chi connectivity index (χ2v) is 6.06. The summed E-state index contributed by atoms with van der Waals surface area (Å²) in [6, 6.07) is 16.8. The molecule has 4 rings (SSSR count). The molecule has 0 fully saturated rings. The molecule has 2 aromatic carbocycles. The van der Waals surface area contributed by atoms with Crippen LogP contribution >= 0.6 is 0 Å². The lowest BCUT2D eigenvalue weighted by atomic mass is 10.1. The number of benzene rings is 2. The zero-order valence-electron chi connectivity index (χ0n) is 14.7. The minimum atomic E-state index is -0.327. The number of carbonyl (C=O) groups is 1. The summed E-state index contributed by atoms with van der Waals surface area (Å²) in [5.41, 5.74) is 1.98. The molecule has 27 heavy (non-hydrogen) atoms. The van der Waals surface area contributed by atoms with Crippen molar-refractivity contribution in [2.24, 2.45) is 0 Å². The van der Waals surface area contributed by atoms with E-state index in [0.29, 0.717) is 23.1 Å². The number of ether oxygens (including phenoxy) is 2. The summed E-state index contributed by atoms with van der Waals surface area (Å²) in [5, 5.41) is 6.02. The Morgan fingerprint density at radius 1 is 1.07 bits per heavy atom. The third kappa shape index (κ3) is 3.82. The molecule has 0 spiro atoms. The van der Waals surface area contributed by atoms with Gasteiger partial charge in [-0.2, -0.15) is 0 Å². The summed E-state index contributed by atoms with van der Waals surface area (Å²) in [4.78, 5) is 21.0. The number of nitrogens with zero attached hydrogens (tertiary/aromatic N) is 2. The Kier molecular flexibility index (Phi) is 4.57. The van der Waals surface area contributed by atoms with Gasteiger partial charge in [0.1, 0.15) is 5.69 Å². The molecule has 0 radical (unpaired) electrons. The molecule has 1 aliphatic heterocycles. The maximum Gasteiger partial charge on any atom is 0.274 e. The first-order chi connectivity index (χ1) is 13.2. The molecule has 0 saturated carbocycles. The molecule has 0 bridgehead atoms. The van der Waals surface area contributed by atoms with Crippen molar-refractivity contribution in [1.82, 2.24) is 9.97 Å². The molecule has 2 N–H and O–H groups in total. The highest BCUT2D eigenvalue weighted by atomic mass is 16.7. The minimum absolute atomic E-state index is 0.0124. The first-order valence-electron chi connectivity index (χ1n) is 8.54. The Labute approximate surface area is 156 Å². The summed E-state index contributed by atoms with van der Waals surface area (Å²) >= 11 is 0. The fourth-order valence-electron chi connectivity index (χ4n) is 2.74. The third-order valence-electron chi connectivity index (χ3n) is 4.16. The van der Waals surface area contributed by atoms with Crippen molar-refractivity contribution in [3.63, 3.8) is 0 Å². The van der Waals surface area contributed by atoms with Crippen LogP contribution in [-0.4, -0.2) is 22.7 Å². The van der Waals surface area contributed by atoms with Crippen molar-refractivity contribution in [2.75, 3.05) is 17.4 Å². The van der Waals surface area contributed by atoms with Crippen molar-refractivity contribution >= 4 is 17.5 Å². The van der Waals surface area contributed by atoms with Crippen molar-refractivity contribution in [3.8, 4) is 11.5 Å². The van der Waals surface area contributed by atoms with Crippen LogP contribution in [0.5, 0.6) is 11.5 Å². The van der Waals surface area contributed by atoms with Crippen LogP contribution in [0.2, 0.25) is 0 Å². The molecule has 7 heteroatoms. The van der Waals surface area contributed by atoms with E-state index >= 15 is 0 Å². The van der Waals surface area contributed by atoms with Gasteiger partial charge in [0.25, 0.3) is 5.91 Å². The van der Waals surface area contributed by atoms with E-state index in [1.807, 2.05) is 37.3 Å². The smallest absolute Gasteiger partial charge is 0.274 e. The summed E-state index contributed by atoms with van der Waals surface area (Å²) in [6.45, 7) is 2.20. The molecule has 7 nitrogen and oxygen atoms in total. The van der Waals surface area contributed by atoms with Gasteiger partial charge in [0, 0.05) is 18.0 Å². The lowest BCUT2D eigenvalue weighted by Crippen LogP contribution is -2.16. The average Bonchev–Trinajstić information content (AvgIpc) is 3.16. The zero-order valence-corrected chi connectivity index (χ0v) is 14.7. The van der Waals surface area contributed by atoms with Gasteiger partial charge in [-0.1, -0.05) is 30.3 Å². The Morgan fingerprint density at radius 3 is 2.74 bits per heavy atom. The van der Waals surface area contributed by atoms with Gasteiger partial charge in [0.05, 0.1) is 6.04 Å². The van der Waals surface area contributed by atoms with Crippen LogP contribution in [0.1, 0.15) is 29.0 Å². The Morgan fingerprint density at radius 2 is 1.89 bits per heavy atom. The van der Waals surface area contributed by atoms with E-state index in [1.54, 1.807) is 30.5 Å². The molecule has 0 aliphatic carbocycles. The Balaban J connectivity index is 1.46. The summed E-state index contributed by atoms with van der Waals surface area (Å²) in [6.07, 6.45) is 1.56. The quantitative estimate of drug-likeness (QED) is 0.721. The lowest BCUT2D eigenvalue weighted by molar-refractivity contribution is 0.102. The molecule has 1 atom stereocenters. The van der Waals surface area contributed by atoms with Crippen LogP contribution in [0.15, 0.2) is 60.8 Å². The van der Waals surface area contributed by atoms with E-state index in [2.05, 4.69) is 20.6 Å². The van der Waals surface area contributed by atoms with Crippen molar-refractivity contribution in [1.29, 1.82) is 0 Å². The van der Waals surface area contributed by atoms with Crippen molar-refractivity contribution in [3.05, 3.63) is 72.1 Å². The third-order valence-corrected chi connectivity index (χ3v) is 4.16. The molecule has 1 amide bonds. The van der Waals surface area contributed by atoms with Crippen LogP contribution in [0.4, 0.5) is 11.6 Å². The fourth-order valence-corrected chi connectivity index (χ4v) is 2.74. The van der Waals surface area contributed by atoms with Gasteiger partial charge >= 0.3 is 0 Å². The molecular formula is C20H18N4O3. The van der Waals surface area contributed by atoms with Gasteiger partial charge in [0.2, 0.25) is 12.7 Å². The highest BCUT2D eigenvalue weighted by Crippen LogP contribution is 2.34. The number of rotatable bonds is 5. The Bertz CT molecular complexity index is 962. The highest BCUT2D eigenvalue weighted by molar-refractivity contribution is 6.03. The van der Waals surface area contributed by atoms with Gasteiger partial charge in [-0.3, -0.25) is 4.79 Å². The van der Waals surface area contributed by atoms with Crippen molar-refractivity contribution < 1.29 is 14.3 Å². The Hall–Kier alpha value is -3.61. The van der Waals surface area contributed by atoms with Crippen LogP contribution in [0, 0.1) is 0 Å². The molecule has 3 aromatic rings. The van der Waals surface area contributed by atoms with Gasteiger partial charge in [-0.05, 0) is 30.7 Å². The van der Waals surface area contributed by atoms with E-state index in [0.717, 1.165) is 5.56 Å². The number of hydrogen-bond acceptors (Lipinski definition) is 6. The molecule has 0 saturated heterocycles. The molecule has 1 unspecified atom stereocenters. The number of aromatic nitrogens is 2. The monoisotopic (exact) mass is 362 g/mol. The van der Waals surface area contributed by atoms with E-state index < -0.39 is 0 Å². The summed E-state index contributed by atoms with van der Waals surface area (Å²) in [5.74, 6) is 1.34. The largest absolute Gasteiger partial charge is 0.454 e. The number of amides is 1. The lowest BCUT2D eigenvalue weighted by Gasteiger charge is -2.14. The normalized spacial score (nSPS) is 13.1. The van der Waals surface area contributed by atoms with Crippen LogP contribution in [-0.2, 0) is 0 Å². The van der Waals surface area contributed by atoms with Crippen LogP contribution < -0.4 is 20.1 Å². The predicted molar refractivity (Wildman–Crippen MR) is 101 cm³/mol. The van der Waals surface area contributed by atoms with E-state index in [-0.39, 0.29) is 24.4 Å². The number of fused-ring (bicyclic) bond motifs is 1. The average molecular weight is 362 g/mol. The molecule has 2 heterocycles. The zero-order chi connectivity index (χ0) is 18.6. The van der Waals surface area contributed by atoms with Gasteiger partial charge in [-0.15, -0.1) is 0 Å². The maximum atomic E-state index is 12.5. The second kappa shape index (κ2) is 7.33. The summed E-state index contributed by atoms with van der Waals surface area (Å²) < 4.78 is 10.6. The van der Waals surface area contributed by atoms with Crippen LogP contribution in [0.25, 0.3) is 0 Å². The standard InChI is InChI=1S/C20H18N4O3/c1-13(14-5-3-2-4-6-14)22-20-21-10-9-16(24-20)19(25)23-15-7-8-17-18(11-15)27-12-26-17/h2-11,13H,12H2,1H3,(H,23,25)(H,21,22,24). The molecule has 1 aromatic heterocycles. The van der Waals surface area contributed by atoms with Gasteiger partial charge < -0.3 is 20.1 Å². The van der Waals surface area contributed by atoms with Crippen LogP contribution in [0.3, 0.4) is 0 Å². The fraction of sp³-hybridized carbons (Fsp3) is 0.150. The van der Waals surface area contributed by atoms with E-state index in [9.17, 15) is 4.79 Å². The van der Waals surface area contributed by atoms with Gasteiger partial charge in [-0.25, -0.2) is 9.97 Å². The highest BCUT2D eigenvalue weighted by Gasteiger charge is 2.16. The summed E-state index contributed by atoms with van der Waals surface area (Å²) in [7, 11) is 0. The molecule has 1 aliphatic rings. The number of hydrogen-bond donors (Lipinski definition) is 2. The topological polar surface area (TPSA) is 85.4 Å². The van der Waals surface area contributed by atoms with Gasteiger partial charge in [0.15, 0.2) is 11.5 Å².